The molecule has 0 heterocycles. The molecule has 1 amide bonds. The number of hydrogen-bond donors (Lipinski definition) is 4. The van der Waals surface area contributed by atoms with Crippen molar-refractivity contribution >= 4 is 47.0 Å². The van der Waals surface area contributed by atoms with Crippen molar-refractivity contribution in [1.82, 2.24) is 5.32 Å². The van der Waals surface area contributed by atoms with E-state index in [0.717, 1.165) is 12.3 Å². The maximum absolute atomic E-state index is 14.6. The molecule has 0 saturated heterocycles. The van der Waals surface area contributed by atoms with Crippen LogP contribution in [0.5, 0.6) is 5.75 Å². The van der Waals surface area contributed by atoms with Gasteiger partial charge in [-0.3, -0.25) is 9.59 Å². The number of allylic oxidation sites excluding steroid dienone is 1. The summed E-state index contributed by atoms with van der Waals surface area (Å²) in [7, 11) is 0. The summed E-state index contributed by atoms with van der Waals surface area (Å²) in [6.45, 7) is 4.05. The van der Waals surface area contributed by atoms with E-state index in [4.69, 9.17) is 38.5 Å². The van der Waals surface area contributed by atoms with Gasteiger partial charge in [-0.2, -0.15) is 0 Å². The molecule has 0 unspecified atom stereocenters. The van der Waals surface area contributed by atoms with Gasteiger partial charge < -0.3 is 25.9 Å². The Morgan fingerprint density at radius 1 is 1.18 bits per heavy atom. The second-order valence-corrected chi connectivity index (χ2v) is 8.16. The third-order valence-electron chi connectivity index (χ3n) is 4.57. The molecule has 2 rings (SSSR count). The number of carboxylic acids is 1. The van der Waals surface area contributed by atoms with Gasteiger partial charge in [0.25, 0.3) is 5.91 Å². The zero-order chi connectivity index (χ0) is 25.4. The molecule has 0 aliphatic heterocycles. The van der Waals surface area contributed by atoms with Crippen LogP contribution in [0.1, 0.15) is 19.4 Å². The standard InChI is InChI=1S/C23H23Cl2F2N3O4/c1-12(2)22(29-7-8-34-15-5-3-14(26)4-6-15)16(11-28)23(33)30-17-9-13(10-18(31)32)19(24)20(25)21(17)27/h3-6,9,11-12,28-29H,7-8,10H2,1-2H3,(H,30,33)(H,31,32)/b22-16+,28-11?. The number of aliphatic carboxylic acids is 1. The topological polar surface area (TPSA) is 112 Å². The fourth-order valence-corrected chi connectivity index (χ4v) is 3.42. The molecule has 0 saturated carbocycles. The Balaban J connectivity index is 2.20. The van der Waals surface area contributed by atoms with E-state index in [9.17, 15) is 18.4 Å². The molecule has 2 aromatic rings. The summed E-state index contributed by atoms with van der Waals surface area (Å²) < 4.78 is 33.1. The number of carbonyl (C=O) groups excluding carboxylic acids is 1. The van der Waals surface area contributed by atoms with Crippen molar-refractivity contribution in [3.8, 4) is 5.75 Å². The minimum Gasteiger partial charge on any atom is -0.492 e. The van der Waals surface area contributed by atoms with Crippen LogP contribution < -0.4 is 15.4 Å². The fourth-order valence-electron chi connectivity index (χ4n) is 2.99. The van der Waals surface area contributed by atoms with Gasteiger partial charge in [0.2, 0.25) is 0 Å². The van der Waals surface area contributed by atoms with Gasteiger partial charge in [-0.1, -0.05) is 37.0 Å². The number of rotatable bonds is 11. The first-order valence-electron chi connectivity index (χ1n) is 10.1. The summed E-state index contributed by atoms with van der Waals surface area (Å²) in [5, 5.41) is 21.3. The highest BCUT2D eigenvalue weighted by Gasteiger charge is 2.22. The lowest BCUT2D eigenvalue weighted by atomic mass is 10.0. The molecule has 11 heteroatoms. The highest BCUT2D eigenvalue weighted by molar-refractivity contribution is 6.43. The summed E-state index contributed by atoms with van der Waals surface area (Å²) in [5.74, 6) is -3.17. The van der Waals surface area contributed by atoms with Crippen molar-refractivity contribution in [2.45, 2.75) is 20.3 Å². The van der Waals surface area contributed by atoms with E-state index in [-0.39, 0.29) is 46.7 Å². The number of ether oxygens (including phenoxy) is 1. The zero-order valence-electron chi connectivity index (χ0n) is 18.3. The first-order valence-corrected chi connectivity index (χ1v) is 10.9. The summed E-state index contributed by atoms with van der Waals surface area (Å²) in [6.07, 6.45) is 0.300. The third-order valence-corrected chi connectivity index (χ3v) is 5.45. The van der Waals surface area contributed by atoms with E-state index in [1.807, 2.05) is 0 Å². The quantitative estimate of drug-likeness (QED) is 0.145. The minimum atomic E-state index is -1.21. The highest BCUT2D eigenvalue weighted by Crippen LogP contribution is 2.34. The van der Waals surface area contributed by atoms with Crippen LogP contribution in [0.25, 0.3) is 0 Å². The van der Waals surface area contributed by atoms with Crippen LogP contribution >= 0.6 is 23.2 Å². The lowest BCUT2D eigenvalue weighted by Crippen LogP contribution is -2.29. The molecule has 34 heavy (non-hydrogen) atoms. The number of nitrogens with one attached hydrogen (secondary N) is 3. The average molecular weight is 514 g/mol. The lowest BCUT2D eigenvalue weighted by Gasteiger charge is -2.19. The Labute approximate surface area is 205 Å². The van der Waals surface area contributed by atoms with Crippen LogP contribution in [0.4, 0.5) is 14.5 Å². The molecule has 0 aliphatic rings. The van der Waals surface area contributed by atoms with Crippen molar-refractivity contribution in [2.75, 3.05) is 18.5 Å². The van der Waals surface area contributed by atoms with Crippen LogP contribution in [-0.2, 0) is 16.0 Å². The third kappa shape index (κ3) is 7.16. The Morgan fingerprint density at radius 3 is 2.38 bits per heavy atom. The van der Waals surface area contributed by atoms with Gasteiger partial charge >= 0.3 is 5.97 Å². The molecule has 0 radical (unpaired) electrons. The zero-order valence-corrected chi connectivity index (χ0v) is 19.9. The van der Waals surface area contributed by atoms with Gasteiger partial charge in [-0.15, -0.1) is 0 Å². The molecule has 7 nitrogen and oxygen atoms in total. The van der Waals surface area contributed by atoms with Gasteiger partial charge in [0.1, 0.15) is 18.2 Å². The Hall–Kier alpha value is -3.17. The number of hydrogen-bond acceptors (Lipinski definition) is 5. The lowest BCUT2D eigenvalue weighted by molar-refractivity contribution is -0.136. The summed E-state index contributed by atoms with van der Waals surface area (Å²) >= 11 is 11.8. The second kappa shape index (κ2) is 12.3. The number of amides is 1. The van der Waals surface area contributed by atoms with Crippen molar-refractivity contribution < 1.29 is 28.2 Å². The molecule has 0 aromatic heterocycles. The van der Waals surface area contributed by atoms with Crippen molar-refractivity contribution in [1.29, 1.82) is 5.41 Å². The normalized spacial score (nSPS) is 11.6. The average Bonchev–Trinajstić information content (AvgIpc) is 2.78. The second-order valence-electron chi connectivity index (χ2n) is 7.41. The van der Waals surface area contributed by atoms with Crippen LogP contribution in [-0.4, -0.2) is 36.3 Å². The van der Waals surface area contributed by atoms with E-state index in [0.29, 0.717) is 11.4 Å². The van der Waals surface area contributed by atoms with E-state index in [1.165, 1.54) is 24.3 Å². The highest BCUT2D eigenvalue weighted by atomic mass is 35.5. The van der Waals surface area contributed by atoms with Crippen molar-refractivity contribution in [3.63, 3.8) is 0 Å². The predicted octanol–water partition coefficient (Wildman–Crippen LogP) is 5.07. The van der Waals surface area contributed by atoms with Crippen LogP contribution in [0, 0.1) is 23.0 Å². The number of carboxylic acid groups (broad SMARTS) is 1. The first kappa shape index (κ1) is 27.1. The maximum Gasteiger partial charge on any atom is 0.307 e. The van der Waals surface area contributed by atoms with E-state index in [1.54, 1.807) is 13.8 Å². The molecule has 0 bridgehead atoms. The summed E-state index contributed by atoms with van der Waals surface area (Å²) in [6, 6.07) is 6.59. The van der Waals surface area contributed by atoms with Crippen LogP contribution in [0.2, 0.25) is 10.0 Å². The Kier molecular flexibility index (Phi) is 9.83. The van der Waals surface area contributed by atoms with Crippen molar-refractivity contribution in [3.05, 3.63) is 68.8 Å². The summed E-state index contributed by atoms with van der Waals surface area (Å²) in [4.78, 5) is 23.9. The van der Waals surface area contributed by atoms with Crippen LogP contribution in [0.15, 0.2) is 41.6 Å². The molecular weight excluding hydrogens is 491 g/mol. The van der Waals surface area contributed by atoms with Crippen LogP contribution in [0.3, 0.4) is 0 Å². The fraction of sp³-hybridized carbons (Fsp3) is 0.261. The van der Waals surface area contributed by atoms with Crippen molar-refractivity contribution in [2.24, 2.45) is 5.92 Å². The molecule has 0 atom stereocenters. The molecular formula is C23H23Cl2F2N3O4. The monoisotopic (exact) mass is 513 g/mol. The number of carbonyl (C=O) groups is 2. The SMILES string of the molecule is CC(C)/C(NCCOc1ccc(F)cc1)=C(/C=N)C(=O)Nc1cc(CC(=O)O)c(Cl)c(Cl)c1F. The first-order chi connectivity index (χ1) is 16.0. The number of benzene rings is 2. The van der Waals surface area contributed by atoms with Gasteiger partial charge in [-0.25, -0.2) is 8.78 Å². The maximum atomic E-state index is 14.6. The summed E-state index contributed by atoms with van der Waals surface area (Å²) in [5.41, 5.74) is -0.00220. The minimum absolute atomic E-state index is 0.0244. The van der Waals surface area contributed by atoms with Gasteiger partial charge in [0, 0.05) is 18.5 Å². The number of anilines is 1. The van der Waals surface area contributed by atoms with Gasteiger partial charge in [0.15, 0.2) is 5.82 Å². The van der Waals surface area contributed by atoms with E-state index < -0.39 is 29.1 Å². The van der Waals surface area contributed by atoms with Gasteiger partial charge in [0.05, 0.1) is 27.7 Å². The smallest absolute Gasteiger partial charge is 0.307 e. The van der Waals surface area contributed by atoms with E-state index in [2.05, 4.69) is 10.6 Å². The van der Waals surface area contributed by atoms with E-state index >= 15 is 0 Å². The molecule has 0 aliphatic carbocycles. The molecule has 0 spiro atoms. The Bertz CT molecular complexity index is 1110. The molecule has 4 N–H and O–H groups in total. The largest absolute Gasteiger partial charge is 0.492 e. The predicted molar refractivity (Wildman–Crippen MR) is 127 cm³/mol. The molecule has 0 fully saturated rings. The number of halogens is 4. The molecule has 2 aromatic carbocycles. The Morgan fingerprint density at radius 2 is 1.82 bits per heavy atom. The molecule has 182 valence electrons. The van der Waals surface area contributed by atoms with Gasteiger partial charge in [-0.05, 0) is 41.8 Å².